The molecule has 2 unspecified atom stereocenters. The van der Waals surface area contributed by atoms with E-state index in [0.717, 1.165) is 12.8 Å². The Morgan fingerprint density at radius 1 is 1.44 bits per heavy atom. The lowest BCUT2D eigenvalue weighted by molar-refractivity contribution is 0.344. The van der Waals surface area contributed by atoms with Crippen molar-refractivity contribution in [2.24, 2.45) is 11.1 Å². The lowest BCUT2D eigenvalue weighted by Crippen LogP contribution is -2.40. The van der Waals surface area contributed by atoms with Crippen LogP contribution in [-0.4, -0.2) is 13.7 Å². The first-order valence-corrected chi connectivity index (χ1v) is 4.64. The van der Waals surface area contributed by atoms with Gasteiger partial charge in [0.05, 0.1) is 5.25 Å². The van der Waals surface area contributed by atoms with Crippen molar-refractivity contribution in [2.75, 3.05) is 0 Å². The zero-order valence-corrected chi connectivity index (χ0v) is 6.19. The lowest BCUT2D eigenvalue weighted by atomic mass is 9.87. The molecule has 0 spiro atoms. The fourth-order valence-electron chi connectivity index (χ4n) is 1.12. The Balaban J connectivity index is 2.66. The summed E-state index contributed by atoms with van der Waals surface area (Å²) in [6, 6.07) is 0. The Hall–Kier alpha value is -0.0900. The van der Waals surface area contributed by atoms with E-state index in [4.69, 9.17) is 5.14 Å². The van der Waals surface area contributed by atoms with Gasteiger partial charge in [0.25, 0.3) is 0 Å². The summed E-state index contributed by atoms with van der Waals surface area (Å²) in [7, 11) is -3.22. The van der Waals surface area contributed by atoms with Gasteiger partial charge in [-0.25, -0.2) is 13.6 Å². The highest BCUT2D eigenvalue weighted by Crippen LogP contribution is 2.30. The first-order valence-electron chi connectivity index (χ1n) is 3.03. The molecule has 1 fully saturated rings. The molecule has 4 heteroatoms. The van der Waals surface area contributed by atoms with Crippen molar-refractivity contribution in [2.45, 2.75) is 25.0 Å². The van der Waals surface area contributed by atoms with E-state index in [-0.39, 0.29) is 11.2 Å². The second kappa shape index (κ2) is 1.95. The van der Waals surface area contributed by atoms with Crippen molar-refractivity contribution >= 4 is 10.0 Å². The van der Waals surface area contributed by atoms with Gasteiger partial charge in [-0.15, -0.1) is 0 Å². The zero-order valence-electron chi connectivity index (χ0n) is 5.37. The Morgan fingerprint density at radius 3 is 2.00 bits per heavy atom. The Morgan fingerprint density at radius 2 is 2.00 bits per heavy atom. The molecule has 2 N–H and O–H groups in total. The minimum Gasteiger partial charge on any atom is -0.228 e. The third-order valence-electron chi connectivity index (χ3n) is 1.96. The average molecular weight is 149 g/mol. The number of primary sulfonamides is 1. The van der Waals surface area contributed by atoms with Gasteiger partial charge in [-0.05, 0) is 18.8 Å². The van der Waals surface area contributed by atoms with E-state index in [0.29, 0.717) is 0 Å². The van der Waals surface area contributed by atoms with E-state index < -0.39 is 10.0 Å². The van der Waals surface area contributed by atoms with Gasteiger partial charge in [0, 0.05) is 0 Å². The van der Waals surface area contributed by atoms with Crippen LogP contribution in [0.25, 0.3) is 0 Å². The van der Waals surface area contributed by atoms with Crippen LogP contribution in [-0.2, 0) is 10.0 Å². The largest absolute Gasteiger partial charge is 0.228 e. The van der Waals surface area contributed by atoms with E-state index >= 15 is 0 Å². The Kier molecular flexibility index (Phi) is 1.52. The molecule has 1 rings (SSSR count). The van der Waals surface area contributed by atoms with Gasteiger partial charge in [0.1, 0.15) is 0 Å². The first kappa shape index (κ1) is 7.02. The monoisotopic (exact) mass is 149 g/mol. The van der Waals surface area contributed by atoms with Gasteiger partial charge in [-0.2, -0.15) is 0 Å². The van der Waals surface area contributed by atoms with E-state index in [1.54, 1.807) is 0 Å². The van der Waals surface area contributed by atoms with E-state index in [2.05, 4.69) is 0 Å². The molecule has 1 saturated carbocycles. The molecule has 0 aromatic heterocycles. The van der Waals surface area contributed by atoms with Crippen molar-refractivity contribution < 1.29 is 8.42 Å². The topological polar surface area (TPSA) is 60.2 Å². The van der Waals surface area contributed by atoms with Crippen molar-refractivity contribution in [3.8, 4) is 0 Å². The number of rotatable bonds is 1. The molecule has 0 saturated heterocycles. The Labute approximate surface area is 55.3 Å². The van der Waals surface area contributed by atoms with Crippen LogP contribution in [0.1, 0.15) is 19.8 Å². The van der Waals surface area contributed by atoms with Crippen molar-refractivity contribution in [1.29, 1.82) is 0 Å². The predicted octanol–water partition coefficient (Wildman–Crippen LogP) is 0.0734. The van der Waals surface area contributed by atoms with Crippen molar-refractivity contribution in [3.05, 3.63) is 0 Å². The summed E-state index contributed by atoms with van der Waals surface area (Å²) < 4.78 is 21.2. The van der Waals surface area contributed by atoms with Gasteiger partial charge in [0.15, 0.2) is 0 Å². The summed E-state index contributed by atoms with van der Waals surface area (Å²) in [6.07, 6.45) is 1.75. The molecule has 0 bridgehead atoms. The van der Waals surface area contributed by atoms with Crippen LogP contribution >= 0.6 is 0 Å². The lowest BCUT2D eigenvalue weighted by Gasteiger charge is -2.31. The molecule has 3 nitrogen and oxygen atoms in total. The quantitative estimate of drug-likeness (QED) is 0.573. The van der Waals surface area contributed by atoms with Crippen LogP contribution < -0.4 is 5.14 Å². The van der Waals surface area contributed by atoms with Gasteiger partial charge in [-0.1, -0.05) is 6.92 Å². The van der Waals surface area contributed by atoms with Crippen LogP contribution in [0.5, 0.6) is 0 Å². The summed E-state index contributed by atoms with van der Waals surface area (Å²) in [5.41, 5.74) is 0. The fourth-order valence-corrected chi connectivity index (χ4v) is 2.37. The van der Waals surface area contributed by atoms with Gasteiger partial charge >= 0.3 is 0 Å². The fraction of sp³-hybridized carbons (Fsp3) is 1.00. The summed E-state index contributed by atoms with van der Waals surface area (Å²) in [6.45, 7) is 1.92. The standard InChI is InChI=1S/C5H11NO2S/c1-4-2-3-5(4)9(6,7)8/h4-5H,2-3H2,1H3,(H2,6,7,8). The molecule has 0 amide bonds. The van der Waals surface area contributed by atoms with Crippen LogP contribution in [0.15, 0.2) is 0 Å². The van der Waals surface area contributed by atoms with Crippen LogP contribution in [0.2, 0.25) is 0 Å². The smallest absolute Gasteiger partial charge is 0.212 e. The molecule has 0 aromatic rings. The normalized spacial score (nSPS) is 35.8. The maximum absolute atomic E-state index is 10.6. The molecule has 0 radical (unpaired) electrons. The van der Waals surface area contributed by atoms with Crippen LogP contribution in [0, 0.1) is 5.92 Å². The zero-order chi connectivity index (χ0) is 7.07. The van der Waals surface area contributed by atoms with Crippen LogP contribution in [0.3, 0.4) is 0 Å². The van der Waals surface area contributed by atoms with E-state index in [1.165, 1.54) is 0 Å². The number of nitrogens with two attached hydrogens (primary N) is 1. The summed E-state index contributed by atoms with van der Waals surface area (Å²) >= 11 is 0. The first-order chi connectivity index (χ1) is 4.02. The number of hydrogen-bond donors (Lipinski definition) is 1. The maximum atomic E-state index is 10.6. The molecular formula is C5H11NO2S. The molecule has 0 aliphatic heterocycles. The second-order valence-electron chi connectivity index (χ2n) is 2.68. The Bertz CT molecular complexity index is 197. The van der Waals surface area contributed by atoms with Crippen molar-refractivity contribution in [3.63, 3.8) is 0 Å². The molecule has 54 valence electrons. The van der Waals surface area contributed by atoms with Gasteiger partial charge in [-0.3, -0.25) is 0 Å². The maximum Gasteiger partial charge on any atom is 0.212 e. The van der Waals surface area contributed by atoms with E-state index in [1.807, 2.05) is 6.92 Å². The average Bonchev–Trinajstić information content (AvgIpc) is 1.57. The molecule has 1 aliphatic rings. The number of hydrogen-bond acceptors (Lipinski definition) is 2. The van der Waals surface area contributed by atoms with E-state index in [9.17, 15) is 8.42 Å². The number of sulfonamides is 1. The highest BCUT2D eigenvalue weighted by atomic mass is 32.2. The molecule has 9 heavy (non-hydrogen) atoms. The molecular weight excluding hydrogens is 138 g/mol. The van der Waals surface area contributed by atoms with Crippen molar-refractivity contribution in [1.82, 2.24) is 0 Å². The second-order valence-corrected chi connectivity index (χ2v) is 4.47. The predicted molar refractivity (Wildman–Crippen MR) is 35.3 cm³/mol. The minimum absolute atomic E-state index is 0.252. The van der Waals surface area contributed by atoms with Crippen LogP contribution in [0.4, 0.5) is 0 Å². The molecule has 0 aromatic carbocycles. The SMILES string of the molecule is CC1CCC1S(N)(=O)=O. The van der Waals surface area contributed by atoms with Gasteiger partial charge < -0.3 is 0 Å². The third kappa shape index (κ3) is 1.24. The molecule has 2 atom stereocenters. The highest BCUT2D eigenvalue weighted by molar-refractivity contribution is 7.89. The summed E-state index contributed by atoms with van der Waals surface area (Å²) in [5, 5.41) is 4.65. The minimum atomic E-state index is -3.22. The summed E-state index contributed by atoms with van der Waals surface area (Å²) in [5.74, 6) is 0.278. The molecule has 0 heterocycles. The summed E-state index contributed by atoms with van der Waals surface area (Å²) in [4.78, 5) is 0. The third-order valence-corrected chi connectivity index (χ3v) is 3.51. The highest BCUT2D eigenvalue weighted by Gasteiger charge is 2.35. The van der Waals surface area contributed by atoms with Gasteiger partial charge in [0.2, 0.25) is 10.0 Å². The molecule has 1 aliphatic carbocycles.